The average molecular weight is 869 g/mol. The molecule has 0 aromatic carbocycles. The van der Waals surface area contributed by atoms with E-state index in [1.54, 1.807) is 0 Å². The van der Waals surface area contributed by atoms with Crippen molar-refractivity contribution in [1.29, 1.82) is 0 Å². The zero-order chi connectivity index (χ0) is 44.6. The van der Waals surface area contributed by atoms with Gasteiger partial charge in [-0.3, -0.25) is 9.59 Å². The van der Waals surface area contributed by atoms with Gasteiger partial charge in [0, 0.05) is 12.8 Å². The molecule has 1 heterocycles. The lowest BCUT2D eigenvalue weighted by Crippen LogP contribution is -2.60. The number of esters is 2. The molecule has 358 valence electrons. The number of carboxylic acids is 1. The van der Waals surface area contributed by atoms with E-state index in [1.165, 1.54) is 141 Å². The third-order valence-electron chi connectivity index (χ3n) is 11.9. The predicted octanol–water partition coefficient (Wildman–Crippen LogP) is 11.6. The van der Waals surface area contributed by atoms with Gasteiger partial charge in [-0.15, -0.1) is 0 Å². The fourth-order valence-electron chi connectivity index (χ4n) is 7.88. The summed E-state index contributed by atoms with van der Waals surface area (Å²) in [5.41, 5.74) is 0. The Labute approximate surface area is 371 Å². The fourth-order valence-corrected chi connectivity index (χ4v) is 7.88. The van der Waals surface area contributed by atoms with Crippen molar-refractivity contribution in [2.45, 2.75) is 275 Å². The molecule has 4 N–H and O–H groups in total. The molecule has 1 aliphatic rings. The fraction of sp³-hybridized carbons (Fsp3) is 0.900. The Hall–Kier alpha value is -2.05. The van der Waals surface area contributed by atoms with Crippen LogP contribution in [0.1, 0.15) is 239 Å². The summed E-state index contributed by atoms with van der Waals surface area (Å²) in [4.78, 5) is 36.9. The lowest BCUT2D eigenvalue weighted by Gasteiger charge is -2.38. The first kappa shape index (κ1) is 57.0. The standard InChI is InChI=1S/C50H92O11/c1-3-5-7-9-11-13-15-17-19-21-22-23-25-27-29-31-33-35-37-39-44(52)60-42(41-59-50-47(55)45(53)46(54)48(61-50)49(56)57)40-58-43(51)38-36-34-32-30-28-26-24-20-18-16-14-12-10-8-6-4-2/h20,24,42,45-48,50,53-55H,3-19,21-23,25-41H2,1-2H3,(H,56,57)/b24-20-. The molecule has 11 heteroatoms. The second kappa shape index (κ2) is 40.7. The number of aliphatic carboxylic acids is 1. The third-order valence-corrected chi connectivity index (χ3v) is 11.9. The van der Waals surface area contributed by atoms with Gasteiger partial charge in [-0.25, -0.2) is 4.79 Å². The van der Waals surface area contributed by atoms with Gasteiger partial charge in [0.2, 0.25) is 0 Å². The summed E-state index contributed by atoms with van der Waals surface area (Å²) in [5.74, 6) is -2.44. The molecule has 0 saturated carbocycles. The van der Waals surface area contributed by atoms with E-state index in [4.69, 9.17) is 18.9 Å². The SMILES string of the molecule is CCCCCCCCC/C=C\CCCCCCCC(=O)OCC(COC1OC(C(=O)O)C(O)C(O)C1O)OC(=O)CCCCCCCCCCCCCCCCCCCCC. The molecule has 0 bridgehead atoms. The molecule has 1 rings (SSSR count). The summed E-state index contributed by atoms with van der Waals surface area (Å²) in [7, 11) is 0. The summed E-state index contributed by atoms with van der Waals surface area (Å²) in [5, 5.41) is 39.9. The molecular weight excluding hydrogens is 777 g/mol. The second-order valence-corrected chi connectivity index (χ2v) is 17.7. The van der Waals surface area contributed by atoms with Crippen LogP contribution in [-0.4, -0.2) is 88.4 Å². The molecule has 0 radical (unpaired) electrons. The highest BCUT2D eigenvalue weighted by Gasteiger charge is 2.47. The predicted molar refractivity (Wildman–Crippen MR) is 243 cm³/mol. The Kier molecular flexibility index (Phi) is 38.0. The summed E-state index contributed by atoms with van der Waals surface area (Å²) >= 11 is 0. The first-order valence-electron chi connectivity index (χ1n) is 25.2. The van der Waals surface area contributed by atoms with Gasteiger partial charge in [-0.05, 0) is 38.5 Å². The van der Waals surface area contributed by atoms with Crippen molar-refractivity contribution in [2.24, 2.45) is 0 Å². The summed E-state index contributed by atoms with van der Waals surface area (Å²) in [6.07, 6.45) is 35.5. The number of rotatable bonds is 43. The van der Waals surface area contributed by atoms with Gasteiger partial charge < -0.3 is 39.4 Å². The third kappa shape index (κ3) is 32.3. The monoisotopic (exact) mass is 869 g/mol. The zero-order valence-corrected chi connectivity index (χ0v) is 38.9. The number of unbranched alkanes of at least 4 members (excludes halogenated alkanes) is 30. The van der Waals surface area contributed by atoms with Crippen LogP contribution < -0.4 is 0 Å². The quantitative estimate of drug-likeness (QED) is 0.0261. The lowest BCUT2D eigenvalue weighted by atomic mass is 9.99. The van der Waals surface area contributed by atoms with Crippen molar-refractivity contribution in [3.8, 4) is 0 Å². The molecule has 0 amide bonds. The first-order chi connectivity index (χ1) is 29.7. The Morgan fingerprint density at radius 3 is 1.28 bits per heavy atom. The number of hydrogen-bond acceptors (Lipinski definition) is 10. The number of aliphatic hydroxyl groups excluding tert-OH is 3. The molecule has 1 fully saturated rings. The molecule has 6 atom stereocenters. The van der Waals surface area contributed by atoms with Crippen molar-refractivity contribution in [3.63, 3.8) is 0 Å². The van der Waals surface area contributed by atoms with E-state index in [-0.39, 0.29) is 26.1 Å². The van der Waals surface area contributed by atoms with Crippen LogP contribution in [0.3, 0.4) is 0 Å². The highest BCUT2D eigenvalue weighted by molar-refractivity contribution is 5.73. The van der Waals surface area contributed by atoms with E-state index >= 15 is 0 Å². The smallest absolute Gasteiger partial charge is 0.335 e. The van der Waals surface area contributed by atoms with Crippen LogP contribution in [0.4, 0.5) is 0 Å². The molecule has 6 unspecified atom stereocenters. The number of carbonyl (C=O) groups is 3. The normalized spacial score (nSPS) is 19.7. The number of allylic oxidation sites excluding steroid dienone is 2. The maximum Gasteiger partial charge on any atom is 0.335 e. The molecule has 1 aliphatic heterocycles. The summed E-state index contributed by atoms with van der Waals surface area (Å²) in [6, 6.07) is 0. The largest absolute Gasteiger partial charge is 0.479 e. The minimum absolute atomic E-state index is 0.187. The van der Waals surface area contributed by atoms with Crippen molar-refractivity contribution in [2.75, 3.05) is 13.2 Å². The van der Waals surface area contributed by atoms with Gasteiger partial charge in [0.25, 0.3) is 0 Å². The number of carbonyl (C=O) groups excluding carboxylic acids is 2. The Balaban J connectivity index is 2.30. The lowest BCUT2D eigenvalue weighted by molar-refractivity contribution is -0.298. The van der Waals surface area contributed by atoms with E-state index in [0.29, 0.717) is 12.8 Å². The Bertz CT molecular complexity index is 1070. The van der Waals surface area contributed by atoms with Crippen molar-refractivity contribution in [1.82, 2.24) is 0 Å². The van der Waals surface area contributed by atoms with Crippen LogP contribution in [0.15, 0.2) is 12.2 Å². The van der Waals surface area contributed by atoms with Crippen molar-refractivity contribution in [3.05, 3.63) is 12.2 Å². The van der Waals surface area contributed by atoms with Crippen molar-refractivity contribution >= 4 is 17.9 Å². The Morgan fingerprint density at radius 1 is 0.492 bits per heavy atom. The highest BCUT2D eigenvalue weighted by Crippen LogP contribution is 2.23. The molecule has 11 nitrogen and oxygen atoms in total. The van der Waals surface area contributed by atoms with Crippen molar-refractivity contribution < 1.29 is 53.8 Å². The average Bonchev–Trinajstić information content (AvgIpc) is 3.24. The first-order valence-corrected chi connectivity index (χ1v) is 25.2. The molecule has 0 aliphatic carbocycles. The van der Waals surface area contributed by atoms with Crippen LogP contribution in [0, 0.1) is 0 Å². The number of ether oxygens (including phenoxy) is 4. The van der Waals surface area contributed by atoms with E-state index in [9.17, 15) is 34.8 Å². The van der Waals surface area contributed by atoms with E-state index < -0.39 is 54.7 Å². The number of aliphatic hydroxyl groups is 3. The topological polar surface area (TPSA) is 169 Å². The van der Waals surface area contributed by atoms with Gasteiger partial charge in [0.05, 0.1) is 6.61 Å². The molecule has 1 saturated heterocycles. The molecular formula is C50H92O11. The minimum atomic E-state index is -1.86. The van der Waals surface area contributed by atoms with Crippen LogP contribution in [0.25, 0.3) is 0 Å². The van der Waals surface area contributed by atoms with Gasteiger partial charge in [0.15, 0.2) is 18.5 Å². The molecule has 0 spiro atoms. The van der Waals surface area contributed by atoms with Gasteiger partial charge in [-0.1, -0.05) is 199 Å². The van der Waals surface area contributed by atoms with Crippen LogP contribution in [0.5, 0.6) is 0 Å². The number of carboxylic acid groups (broad SMARTS) is 1. The van der Waals surface area contributed by atoms with E-state index in [1.807, 2.05) is 0 Å². The maximum atomic E-state index is 12.8. The minimum Gasteiger partial charge on any atom is -0.479 e. The molecule has 0 aromatic heterocycles. The van der Waals surface area contributed by atoms with Crippen LogP contribution in [0.2, 0.25) is 0 Å². The van der Waals surface area contributed by atoms with Crippen LogP contribution in [-0.2, 0) is 33.3 Å². The van der Waals surface area contributed by atoms with Crippen LogP contribution >= 0.6 is 0 Å². The second-order valence-electron chi connectivity index (χ2n) is 17.7. The summed E-state index contributed by atoms with van der Waals surface area (Å²) < 4.78 is 21.8. The zero-order valence-electron chi connectivity index (χ0n) is 38.9. The van der Waals surface area contributed by atoms with Gasteiger partial charge >= 0.3 is 17.9 Å². The molecule has 0 aromatic rings. The van der Waals surface area contributed by atoms with Gasteiger partial charge in [-0.2, -0.15) is 0 Å². The van der Waals surface area contributed by atoms with Gasteiger partial charge in [0.1, 0.15) is 24.9 Å². The van der Waals surface area contributed by atoms with E-state index in [2.05, 4.69) is 26.0 Å². The maximum absolute atomic E-state index is 12.8. The van der Waals surface area contributed by atoms with E-state index in [0.717, 1.165) is 57.8 Å². The summed E-state index contributed by atoms with van der Waals surface area (Å²) in [6.45, 7) is 3.84. The highest BCUT2D eigenvalue weighted by atomic mass is 16.7. The molecule has 61 heavy (non-hydrogen) atoms. The number of hydrogen-bond donors (Lipinski definition) is 4. The Morgan fingerprint density at radius 2 is 0.869 bits per heavy atom.